The fraction of sp³-hybridized carbons (Fsp3) is 0.368. The molecule has 0 amide bonds. The van der Waals surface area contributed by atoms with E-state index in [-0.39, 0.29) is 0 Å². The molecule has 2 aromatic rings. The minimum atomic E-state index is 0.317. The molecule has 21 heavy (non-hydrogen) atoms. The van der Waals surface area contributed by atoms with Crippen LogP contribution in [0.5, 0.6) is 0 Å². The summed E-state index contributed by atoms with van der Waals surface area (Å²) in [5, 5.41) is 0. The highest BCUT2D eigenvalue weighted by atomic mass is 15.2. The largest absolute Gasteiger partial charge is 0.329 e. The molecule has 0 heterocycles. The molecule has 1 unspecified atom stereocenters. The molecule has 2 rings (SSSR count). The normalized spacial score (nSPS) is 12.8. The molecule has 2 N–H and O–H groups in total. The van der Waals surface area contributed by atoms with Crippen molar-refractivity contribution in [2.45, 2.75) is 25.8 Å². The first-order valence-corrected chi connectivity index (χ1v) is 7.85. The summed E-state index contributed by atoms with van der Waals surface area (Å²) in [6.07, 6.45) is 0. The van der Waals surface area contributed by atoms with E-state index in [9.17, 15) is 0 Å². The van der Waals surface area contributed by atoms with E-state index in [1.165, 1.54) is 11.1 Å². The van der Waals surface area contributed by atoms with Crippen LogP contribution in [-0.4, -0.2) is 30.6 Å². The van der Waals surface area contributed by atoms with Crippen LogP contribution in [0.4, 0.5) is 0 Å². The van der Waals surface area contributed by atoms with Crippen molar-refractivity contribution < 1.29 is 0 Å². The van der Waals surface area contributed by atoms with Gasteiger partial charge in [-0.25, -0.2) is 0 Å². The Morgan fingerprint density at radius 3 is 1.57 bits per heavy atom. The Balaban J connectivity index is 2.45. The van der Waals surface area contributed by atoms with Crippen molar-refractivity contribution in [2.75, 3.05) is 19.6 Å². The Morgan fingerprint density at radius 1 is 0.810 bits per heavy atom. The number of hydrogen-bond acceptors (Lipinski definition) is 2. The fourth-order valence-electron chi connectivity index (χ4n) is 3.15. The molecule has 1 atom stereocenters. The molecule has 0 aliphatic heterocycles. The maximum absolute atomic E-state index is 6.16. The predicted octanol–water partition coefficient (Wildman–Crippen LogP) is 3.49. The number of rotatable bonds is 7. The molecule has 2 aromatic carbocycles. The average Bonchev–Trinajstić information content (AvgIpc) is 2.56. The second-order valence-corrected chi connectivity index (χ2v) is 5.32. The number of nitrogens with two attached hydrogens (primary N) is 1. The molecule has 0 spiro atoms. The van der Waals surface area contributed by atoms with Gasteiger partial charge in [0.25, 0.3) is 0 Å². The van der Waals surface area contributed by atoms with Gasteiger partial charge in [-0.2, -0.15) is 0 Å². The molecule has 2 heteroatoms. The zero-order chi connectivity index (χ0) is 15.1. The number of likely N-dealkylation sites (N-methyl/N-ethyl adjacent to an activating group) is 1. The van der Waals surface area contributed by atoms with Crippen LogP contribution < -0.4 is 5.73 Å². The topological polar surface area (TPSA) is 29.3 Å². The molecule has 0 aliphatic rings. The van der Waals surface area contributed by atoms with E-state index in [0.717, 1.165) is 13.1 Å². The lowest BCUT2D eigenvalue weighted by Crippen LogP contribution is -2.44. The van der Waals surface area contributed by atoms with Crippen LogP contribution in [0.3, 0.4) is 0 Å². The highest BCUT2D eigenvalue weighted by Crippen LogP contribution is 2.30. The molecule has 0 aliphatic carbocycles. The van der Waals surface area contributed by atoms with Gasteiger partial charge >= 0.3 is 0 Å². The van der Waals surface area contributed by atoms with Gasteiger partial charge in [0.15, 0.2) is 0 Å². The first-order valence-electron chi connectivity index (χ1n) is 7.85. The number of benzene rings is 2. The summed E-state index contributed by atoms with van der Waals surface area (Å²) in [4.78, 5) is 2.46. The number of nitrogens with zero attached hydrogens (tertiary/aromatic N) is 1. The van der Waals surface area contributed by atoms with Crippen LogP contribution in [0.15, 0.2) is 60.7 Å². The van der Waals surface area contributed by atoms with Crippen molar-refractivity contribution in [1.82, 2.24) is 4.90 Å². The van der Waals surface area contributed by atoms with Crippen molar-refractivity contribution in [3.05, 3.63) is 71.8 Å². The van der Waals surface area contributed by atoms with Crippen molar-refractivity contribution in [3.8, 4) is 0 Å². The third kappa shape index (κ3) is 3.72. The number of hydrogen-bond donors (Lipinski definition) is 1. The second-order valence-electron chi connectivity index (χ2n) is 5.32. The molecule has 0 radical (unpaired) electrons. The fourth-order valence-corrected chi connectivity index (χ4v) is 3.15. The zero-order valence-electron chi connectivity index (χ0n) is 13.1. The summed E-state index contributed by atoms with van der Waals surface area (Å²) in [5.41, 5.74) is 8.84. The smallest absolute Gasteiger partial charge is 0.0327 e. The second kappa shape index (κ2) is 7.96. The first kappa shape index (κ1) is 15.7. The summed E-state index contributed by atoms with van der Waals surface area (Å²) >= 11 is 0. The lowest BCUT2D eigenvalue weighted by atomic mass is 9.84. The monoisotopic (exact) mass is 282 g/mol. The summed E-state index contributed by atoms with van der Waals surface area (Å²) in [6, 6.07) is 21.8. The van der Waals surface area contributed by atoms with Crippen LogP contribution in [0.2, 0.25) is 0 Å². The van der Waals surface area contributed by atoms with Crippen LogP contribution in [-0.2, 0) is 0 Å². The molecular weight excluding hydrogens is 256 g/mol. The summed E-state index contributed by atoms with van der Waals surface area (Å²) in [6.45, 7) is 7.12. The highest BCUT2D eigenvalue weighted by molar-refractivity contribution is 5.34. The first-order chi connectivity index (χ1) is 10.3. The molecule has 0 saturated carbocycles. The van der Waals surface area contributed by atoms with Gasteiger partial charge in [-0.3, -0.25) is 4.90 Å². The zero-order valence-corrected chi connectivity index (χ0v) is 13.1. The predicted molar refractivity (Wildman–Crippen MR) is 90.5 cm³/mol. The van der Waals surface area contributed by atoms with Crippen molar-refractivity contribution in [1.29, 1.82) is 0 Å². The van der Waals surface area contributed by atoms with E-state index >= 15 is 0 Å². The summed E-state index contributed by atoms with van der Waals surface area (Å²) < 4.78 is 0. The summed E-state index contributed by atoms with van der Waals surface area (Å²) in [7, 11) is 0. The van der Waals surface area contributed by atoms with Crippen molar-refractivity contribution in [2.24, 2.45) is 5.73 Å². The minimum absolute atomic E-state index is 0.317. The van der Waals surface area contributed by atoms with Crippen molar-refractivity contribution in [3.63, 3.8) is 0 Å². The van der Waals surface area contributed by atoms with E-state index in [4.69, 9.17) is 5.73 Å². The maximum Gasteiger partial charge on any atom is 0.0327 e. The lowest BCUT2D eigenvalue weighted by Gasteiger charge is -2.36. The van der Waals surface area contributed by atoms with Gasteiger partial charge in [-0.1, -0.05) is 74.5 Å². The van der Waals surface area contributed by atoms with Crippen LogP contribution in [0.25, 0.3) is 0 Å². The van der Waals surface area contributed by atoms with E-state index in [0.29, 0.717) is 18.5 Å². The average molecular weight is 282 g/mol. The molecule has 0 aromatic heterocycles. The molecule has 0 fully saturated rings. The van der Waals surface area contributed by atoms with Gasteiger partial charge in [0.1, 0.15) is 0 Å². The SMILES string of the molecule is CCN(CC)C(CN)C(c1ccccc1)c1ccccc1. The third-order valence-corrected chi connectivity index (χ3v) is 4.23. The maximum atomic E-state index is 6.16. The Morgan fingerprint density at radius 2 is 1.24 bits per heavy atom. The van der Waals surface area contributed by atoms with Crippen LogP contribution in [0.1, 0.15) is 30.9 Å². The van der Waals surface area contributed by atoms with E-state index in [1.54, 1.807) is 0 Å². The van der Waals surface area contributed by atoms with E-state index < -0.39 is 0 Å². The Labute approximate surface area is 128 Å². The van der Waals surface area contributed by atoms with Gasteiger partial charge in [-0.15, -0.1) is 0 Å². The van der Waals surface area contributed by atoms with Gasteiger partial charge in [0.05, 0.1) is 0 Å². The van der Waals surface area contributed by atoms with Gasteiger partial charge < -0.3 is 5.73 Å². The van der Waals surface area contributed by atoms with Crippen molar-refractivity contribution >= 4 is 0 Å². The Kier molecular flexibility index (Phi) is 5.97. The molecular formula is C19H26N2. The Hall–Kier alpha value is -1.64. The van der Waals surface area contributed by atoms with Gasteiger partial charge in [0, 0.05) is 18.5 Å². The highest BCUT2D eigenvalue weighted by Gasteiger charge is 2.27. The molecule has 0 saturated heterocycles. The lowest BCUT2D eigenvalue weighted by molar-refractivity contribution is 0.204. The minimum Gasteiger partial charge on any atom is -0.329 e. The van der Waals surface area contributed by atoms with Gasteiger partial charge in [-0.05, 0) is 24.2 Å². The van der Waals surface area contributed by atoms with Crippen LogP contribution in [0, 0.1) is 0 Å². The van der Waals surface area contributed by atoms with Gasteiger partial charge in [0.2, 0.25) is 0 Å². The third-order valence-electron chi connectivity index (χ3n) is 4.23. The van der Waals surface area contributed by atoms with E-state index in [2.05, 4.69) is 79.4 Å². The van der Waals surface area contributed by atoms with Crippen LogP contribution >= 0.6 is 0 Å². The standard InChI is InChI=1S/C19H26N2/c1-3-21(4-2)18(15-20)19(16-11-7-5-8-12-16)17-13-9-6-10-14-17/h5-14,18-19H,3-4,15,20H2,1-2H3. The molecule has 0 bridgehead atoms. The molecule has 112 valence electrons. The Bertz CT molecular complexity index is 466. The quantitative estimate of drug-likeness (QED) is 0.842. The van der Waals surface area contributed by atoms with E-state index in [1.807, 2.05) is 0 Å². The molecule has 2 nitrogen and oxygen atoms in total. The summed E-state index contributed by atoms with van der Waals surface area (Å²) in [5.74, 6) is 0.317.